The molecule has 9 heteroatoms. The SMILES string of the molecule is NC=C(C=NC(CC(N)=O)c1ccccc1)NC(=O)c1nccnc1N. The number of hydrogen-bond donors (Lipinski definition) is 4. The molecule has 1 aromatic carbocycles. The summed E-state index contributed by atoms with van der Waals surface area (Å²) < 4.78 is 0. The van der Waals surface area contributed by atoms with Crippen LogP contribution in [0.4, 0.5) is 5.82 Å². The summed E-state index contributed by atoms with van der Waals surface area (Å²) in [7, 11) is 0. The van der Waals surface area contributed by atoms with Gasteiger partial charge in [-0.1, -0.05) is 30.3 Å². The van der Waals surface area contributed by atoms with E-state index in [4.69, 9.17) is 17.2 Å². The molecule has 0 saturated heterocycles. The van der Waals surface area contributed by atoms with E-state index in [1.807, 2.05) is 30.3 Å². The van der Waals surface area contributed by atoms with Crippen molar-refractivity contribution in [3.63, 3.8) is 0 Å². The van der Waals surface area contributed by atoms with Crippen molar-refractivity contribution in [1.82, 2.24) is 15.3 Å². The van der Waals surface area contributed by atoms with E-state index in [-0.39, 0.29) is 23.6 Å². The third kappa shape index (κ3) is 5.13. The minimum Gasteiger partial charge on any atom is -0.403 e. The molecular formula is C17H19N7O2. The summed E-state index contributed by atoms with van der Waals surface area (Å²) in [5, 5.41) is 2.53. The summed E-state index contributed by atoms with van der Waals surface area (Å²) in [5.74, 6) is -1.08. The number of carbonyl (C=O) groups excluding carboxylic acids is 2. The molecule has 0 aliphatic carbocycles. The second-order valence-electron chi connectivity index (χ2n) is 5.24. The fraction of sp³-hybridized carbons (Fsp3) is 0.118. The van der Waals surface area contributed by atoms with Crippen LogP contribution in [0.15, 0.2) is 59.6 Å². The van der Waals surface area contributed by atoms with Crippen LogP contribution in [-0.4, -0.2) is 28.0 Å². The Kier molecular flexibility index (Phi) is 6.38. The topological polar surface area (TPSA) is 162 Å². The predicted octanol–water partition coefficient (Wildman–Crippen LogP) is 0.276. The monoisotopic (exact) mass is 353 g/mol. The maximum Gasteiger partial charge on any atom is 0.278 e. The molecule has 1 heterocycles. The second-order valence-corrected chi connectivity index (χ2v) is 5.24. The third-order valence-electron chi connectivity index (χ3n) is 3.35. The van der Waals surface area contributed by atoms with Gasteiger partial charge in [-0.3, -0.25) is 14.6 Å². The Balaban J connectivity index is 2.15. The highest BCUT2D eigenvalue weighted by Crippen LogP contribution is 2.20. The number of primary amides is 1. The van der Waals surface area contributed by atoms with E-state index < -0.39 is 17.9 Å². The van der Waals surface area contributed by atoms with Gasteiger partial charge in [-0.25, -0.2) is 9.97 Å². The van der Waals surface area contributed by atoms with Gasteiger partial charge in [0, 0.05) is 24.8 Å². The smallest absolute Gasteiger partial charge is 0.278 e. The Morgan fingerprint density at radius 1 is 1.19 bits per heavy atom. The number of carbonyl (C=O) groups is 2. The minimum absolute atomic E-state index is 0.00537. The Morgan fingerprint density at radius 2 is 1.88 bits per heavy atom. The number of nitrogens with two attached hydrogens (primary N) is 3. The summed E-state index contributed by atoms with van der Waals surface area (Å²) in [4.78, 5) is 35.5. The van der Waals surface area contributed by atoms with E-state index in [1.54, 1.807) is 0 Å². The van der Waals surface area contributed by atoms with Crippen LogP contribution in [0.3, 0.4) is 0 Å². The van der Waals surface area contributed by atoms with Gasteiger partial charge in [0.05, 0.1) is 18.2 Å². The van der Waals surface area contributed by atoms with E-state index >= 15 is 0 Å². The Labute approximate surface area is 150 Å². The normalized spacial score (nSPS) is 12.7. The van der Waals surface area contributed by atoms with Crippen molar-refractivity contribution in [3.8, 4) is 0 Å². The highest BCUT2D eigenvalue weighted by atomic mass is 16.2. The molecule has 0 spiro atoms. The first-order valence-electron chi connectivity index (χ1n) is 7.67. The Morgan fingerprint density at radius 3 is 2.50 bits per heavy atom. The van der Waals surface area contributed by atoms with Crippen molar-refractivity contribution in [3.05, 3.63) is 65.9 Å². The van der Waals surface area contributed by atoms with Crippen molar-refractivity contribution < 1.29 is 9.59 Å². The van der Waals surface area contributed by atoms with Crippen LogP contribution in [-0.2, 0) is 4.79 Å². The van der Waals surface area contributed by atoms with Gasteiger partial charge in [0.1, 0.15) is 0 Å². The molecule has 26 heavy (non-hydrogen) atoms. The molecule has 2 amide bonds. The zero-order valence-electron chi connectivity index (χ0n) is 13.9. The van der Waals surface area contributed by atoms with E-state index in [2.05, 4.69) is 20.3 Å². The van der Waals surface area contributed by atoms with Crippen LogP contribution in [0.1, 0.15) is 28.5 Å². The summed E-state index contributed by atoms with van der Waals surface area (Å²) in [5.41, 5.74) is 17.4. The lowest BCUT2D eigenvalue weighted by atomic mass is 10.0. The first-order valence-corrected chi connectivity index (χ1v) is 7.67. The largest absolute Gasteiger partial charge is 0.403 e. The lowest BCUT2D eigenvalue weighted by Gasteiger charge is -2.11. The summed E-state index contributed by atoms with van der Waals surface area (Å²) >= 11 is 0. The van der Waals surface area contributed by atoms with Gasteiger partial charge in [-0.15, -0.1) is 0 Å². The van der Waals surface area contributed by atoms with Gasteiger partial charge < -0.3 is 22.5 Å². The lowest BCUT2D eigenvalue weighted by Crippen LogP contribution is -2.26. The zero-order valence-corrected chi connectivity index (χ0v) is 13.9. The number of anilines is 1. The van der Waals surface area contributed by atoms with E-state index in [0.717, 1.165) is 5.56 Å². The fourth-order valence-electron chi connectivity index (χ4n) is 2.12. The Bertz CT molecular complexity index is 834. The molecule has 9 nitrogen and oxygen atoms in total. The summed E-state index contributed by atoms with van der Waals surface area (Å²) in [6.07, 6.45) is 5.26. The molecule has 134 valence electrons. The summed E-state index contributed by atoms with van der Waals surface area (Å²) in [6.45, 7) is 0. The van der Waals surface area contributed by atoms with Gasteiger partial charge in [-0.2, -0.15) is 0 Å². The molecule has 0 saturated carbocycles. The molecule has 1 aromatic heterocycles. The molecule has 0 bridgehead atoms. The molecule has 0 fully saturated rings. The van der Waals surface area contributed by atoms with Gasteiger partial charge >= 0.3 is 0 Å². The van der Waals surface area contributed by atoms with E-state index in [0.29, 0.717) is 0 Å². The van der Waals surface area contributed by atoms with Crippen molar-refractivity contribution in [2.45, 2.75) is 12.5 Å². The van der Waals surface area contributed by atoms with Crippen LogP contribution in [0, 0.1) is 0 Å². The van der Waals surface area contributed by atoms with Crippen LogP contribution in [0.5, 0.6) is 0 Å². The number of nitrogens with one attached hydrogen (secondary N) is 1. The van der Waals surface area contributed by atoms with Gasteiger partial charge in [-0.05, 0) is 5.56 Å². The fourth-order valence-corrected chi connectivity index (χ4v) is 2.12. The van der Waals surface area contributed by atoms with Crippen LogP contribution >= 0.6 is 0 Å². The Hall–Kier alpha value is -3.75. The predicted molar refractivity (Wildman–Crippen MR) is 97.7 cm³/mol. The molecule has 2 aromatic rings. The molecular weight excluding hydrogens is 334 g/mol. The maximum absolute atomic E-state index is 12.2. The average Bonchev–Trinajstić information content (AvgIpc) is 2.64. The van der Waals surface area contributed by atoms with Crippen molar-refractivity contribution in [2.75, 3.05) is 5.73 Å². The standard InChI is InChI=1S/C17H19N7O2/c18-9-12(24-17(26)15-16(20)22-7-6-21-15)10-23-13(8-14(19)25)11-4-2-1-3-5-11/h1-7,9-10,13H,8,18H2,(H2,19,25)(H2,20,22)(H,24,26). The number of nitrogens with zero attached hydrogens (tertiary/aromatic N) is 3. The third-order valence-corrected chi connectivity index (χ3v) is 3.35. The van der Waals surface area contributed by atoms with Crippen LogP contribution in [0.2, 0.25) is 0 Å². The molecule has 1 atom stereocenters. The van der Waals surface area contributed by atoms with Crippen LogP contribution < -0.4 is 22.5 Å². The van der Waals surface area contributed by atoms with Crippen molar-refractivity contribution in [1.29, 1.82) is 0 Å². The number of benzene rings is 1. The summed E-state index contributed by atoms with van der Waals surface area (Å²) in [6, 6.07) is 8.67. The first kappa shape index (κ1) is 18.6. The maximum atomic E-state index is 12.2. The molecule has 1 unspecified atom stereocenters. The average molecular weight is 353 g/mol. The molecule has 2 rings (SSSR count). The van der Waals surface area contributed by atoms with E-state index in [9.17, 15) is 9.59 Å². The number of aliphatic imine (C=N–C) groups is 1. The molecule has 0 aliphatic rings. The zero-order chi connectivity index (χ0) is 18.9. The highest BCUT2D eigenvalue weighted by Gasteiger charge is 2.15. The number of nitrogen functional groups attached to an aromatic ring is 1. The number of rotatable bonds is 7. The minimum atomic E-state index is -0.579. The van der Waals surface area contributed by atoms with Crippen molar-refractivity contribution >= 4 is 23.8 Å². The van der Waals surface area contributed by atoms with Crippen LogP contribution in [0.25, 0.3) is 0 Å². The molecule has 0 radical (unpaired) electrons. The van der Waals surface area contributed by atoms with E-state index in [1.165, 1.54) is 24.8 Å². The first-order chi connectivity index (χ1) is 12.5. The van der Waals surface area contributed by atoms with Gasteiger partial charge in [0.2, 0.25) is 5.91 Å². The van der Waals surface area contributed by atoms with Crippen molar-refractivity contribution in [2.24, 2.45) is 16.5 Å². The lowest BCUT2D eigenvalue weighted by molar-refractivity contribution is -0.118. The number of allylic oxidation sites excluding steroid dienone is 1. The van der Waals surface area contributed by atoms with Gasteiger partial charge in [0.25, 0.3) is 5.91 Å². The second kappa shape index (κ2) is 8.92. The van der Waals surface area contributed by atoms with Gasteiger partial charge in [0.15, 0.2) is 11.5 Å². The molecule has 7 N–H and O–H groups in total. The number of hydrogen-bond acceptors (Lipinski definition) is 7. The number of amides is 2. The molecule has 0 aliphatic heterocycles. The number of aromatic nitrogens is 2. The highest BCUT2D eigenvalue weighted by molar-refractivity contribution is 6.00. The quantitative estimate of drug-likeness (QED) is 0.522.